The molecule has 1 aromatic heterocycles. The summed E-state index contributed by atoms with van der Waals surface area (Å²) in [5, 5.41) is 13.6. The average molecular weight is 301 g/mol. The molecule has 1 saturated heterocycles. The highest BCUT2D eigenvalue weighted by Crippen LogP contribution is 2.25. The first-order valence-electron chi connectivity index (χ1n) is 5.96. The molecule has 108 valence electrons. The molecule has 1 aromatic rings. The van der Waals surface area contributed by atoms with Crippen LogP contribution in [-0.4, -0.2) is 34.6 Å². The van der Waals surface area contributed by atoms with E-state index in [1.807, 2.05) is 0 Å². The van der Waals surface area contributed by atoms with Crippen LogP contribution in [0.15, 0.2) is 12.3 Å². The first kappa shape index (κ1) is 14.5. The predicted octanol–water partition coefficient (Wildman–Crippen LogP) is 1.09. The van der Waals surface area contributed by atoms with Crippen molar-refractivity contribution >= 4 is 29.0 Å². The molecule has 2 rings (SSSR count). The van der Waals surface area contributed by atoms with Crippen molar-refractivity contribution in [2.75, 3.05) is 11.9 Å². The third-order valence-corrected chi connectivity index (χ3v) is 3.25. The number of pyridine rings is 1. The maximum absolute atomic E-state index is 11.0. The molecule has 0 aromatic carbocycles. The van der Waals surface area contributed by atoms with Gasteiger partial charge in [-0.3, -0.25) is 14.9 Å². The van der Waals surface area contributed by atoms with Gasteiger partial charge in [-0.05, 0) is 12.8 Å². The zero-order valence-electron chi connectivity index (χ0n) is 10.4. The number of ether oxygens (including phenoxy) is 1. The number of carbonyl (C=O) groups excluding carboxylic acids is 1. The van der Waals surface area contributed by atoms with Gasteiger partial charge in [-0.1, -0.05) is 11.6 Å². The van der Waals surface area contributed by atoms with Crippen molar-refractivity contribution in [1.29, 1.82) is 0 Å². The van der Waals surface area contributed by atoms with Gasteiger partial charge in [0.05, 0.1) is 16.0 Å². The lowest BCUT2D eigenvalue weighted by Crippen LogP contribution is -2.30. The molecule has 0 radical (unpaired) electrons. The number of amides is 1. The number of halogens is 1. The van der Waals surface area contributed by atoms with E-state index in [-0.39, 0.29) is 16.8 Å². The third-order valence-electron chi connectivity index (χ3n) is 2.96. The Morgan fingerprint density at radius 2 is 2.40 bits per heavy atom. The van der Waals surface area contributed by atoms with Gasteiger partial charge in [0.2, 0.25) is 5.91 Å². The number of hydrogen-bond donors (Lipinski definition) is 2. The Morgan fingerprint density at radius 3 is 2.95 bits per heavy atom. The number of nitrogens with two attached hydrogens (primary N) is 1. The van der Waals surface area contributed by atoms with Crippen LogP contribution in [0.3, 0.4) is 0 Å². The van der Waals surface area contributed by atoms with Crippen molar-refractivity contribution < 1.29 is 14.5 Å². The van der Waals surface area contributed by atoms with Crippen molar-refractivity contribution in [3.8, 4) is 0 Å². The zero-order valence-corrected chi connectivity index (χ0v) is 11.2. The monoisotopic (exact) mass is 300 g/mol. The lowest BCUT2D eigenvalue weighted by Gasteiger charge is -2.13. The SMILES string of the molecule is NC(=O)C1CCC(CNc2ncc([N+](=O)[O-])cc2Cl)O1. The fraction of sp³-hybridized carbons (Fsp3) is 0.455. The van der Waals surface area contributed by atoms with Gasteiger partial charge in [0.25, 0.3) is 5.69 Å². The fourth-order valence-corrected chi connectivity index (χ4v) is 2.16. The van der Waals surface area contributed by atoms with Gasteiger partial charge in [0, 0.05) is 12.6 Å². The largest absolute Gasteiger partial charge is 0.367 e. The van der Waals surface area contributed by atoms with Gasteiger partial charge in [0.1, 0.15) is 18.1 Å². The molecule has 2 heterocycles. The molecule has 9 heteroatoms. The van der Waals surface area contributed by atoms with Gasteiger partial charge in [0.15, 0.2) is 0 Å². The highest BCUT2D eigenvalue weighted by Gasteiger charge is 2.29. The standard InChI is InChI=1S/C11H13ClN4O4/c12-8-3-6(16(18)19)4-14-11(8)15-5-7-1-2-9(20-7)10(13)17/h3-4,7,9H,1-2,5H2,(H2,13,17)(H,14,15). The topological polar surface area (TPSA) is 120 Å². The minimum atomic E-state index is -0.569. The van der Waals surface area contributed by atoms with Crippen molar-refractivity contribution in [2.24, 2.45) is 5.73 Å². The van der Waals surface area contributed by atoms with Crippen LogP contribution in [0, 0.1) is 10.1 Å². The van der Waals surface area contributed by atoms with Crippen LogP contribution in [0.5, 0.6) is 0 Å². The van der Waals surface area contributed by atoms with E-state index in [9.17, 15) is 14.9 Å². The summed E-state index contributed by atoms with van der Waals surface area (Å²) < 4.78 is 5.43. The van der Waals surface area contributed by atoms with Crippen molar-refractivity contribution in [2.45, 2.75) is 25.0 Å². The molecule has 0 aliphatic carbocycles. The van der Waals surface area contributed by atoms with E-state index in [1.54, 1.807) is 0 Å². The lowest BCUT2D eigenvalue weighted by atomic mass is 10.2. The van der Waals surface area contributed by atoms with Crippen LogP contribution in [0.25, 0.3) is 0 Å². The summed E-state index contributed by atoms with van der Waals surface area (Å²) in [6.07, 6.45) is 1.69. The molecule has 3 N–H and O–H groups in total. The second kappa shape index (κ2) is 6.02. The summed E-state index contributed by atoms with van der Waals surface area (Å²) in [7, 11) is 0. The predicted molar refractivity (Wildman–Crippen MR) is 71.5 cm³/mol. The Bertz CT molecular complexity index is 539. The van der Waals surface area contributed by atoms with Gasteiger partial charge in [-0.25, -0.2) is 4.98 Å². The smallest absolute Gasteiger partial charge is 0.289 e. The van der Waals surface area contributed by atoms with Crippen LogP contribution >= 0.6 is 11.6 Å². The number of hydrogen-bond acceptors (Lipinski definition) is 6. The van der Waals surface area contributed by atoms with Crippen LogP contribution in [0.1, 0.15) is 12.8 Å². The van der Waals surface area contributed by atoms with Crippen molar-refractivity contribution in [3.05, 3.63) is 27.4 Å². The van der Waals surface area contributed by atoms with Gasteiger partial charge < -0.3 is 15.8 Å². The van der Waals surface area contributed by atoms with Crippen molar-refractivity contribution in [1.82, 2.24) is 4.98 Å². The zero-order chi connectivity index (χ0) is 14.7. The fourth-order valence-electron chi connectivity index (χ4n) is 1.93. The average Bonchev–Trinajstić information content (AvgIpc) is 2.86. The highest BCUT2D eigenvalue weighted by atomic mass is 35.5. The Kier molecular flexibility index (Phi) is 4.35. The molecule has 0 spiro atoms. The number of carbonyl (C=O) groups is 1. The summed E-state index contributed by atoms with van der Waals surface area (Å²) in [6.45, 7) is 0.397. The van der Waals surface area contributed by atoms with E-state index in [0.717, 1.165) is 6.20 Å². The van der Waals surface area contributed by atoms with Crippen LogP contribution in [0.4, 0.5) is 11.5 Å². The van der Waals surface area contributed by atoms with E-state index in [0.29, 0.717) is 25.2 Å². The Balaban J connectivity index is 1.92. The molecule has 0 saturated carbocycles. The number of nitrogens with zero attached hydrogens (tertiary/aromatic N) is 2. The number of aromatic nitrogens is 1. The Labute approximate surface area is 119 Å². The minimum absolute atomic E-state index is 0.156. The number of anilines is 1. The van der Waals surface area contributed by atoms with E-state index < -0.39 is 16.9 Å². The van der Waals surface area contributed by atoms with E-state index in [4.69, 9.17) is 22.1 Å². The molecule has 0 bridgehead atoms. The van der Waals surface area contributed by atoms with Crippen molar-refractivity contribution in [3.63, 3.8) is 0 Å². The summed E-state index contributed by atoms with van der Waals surface area (Å²) in [4.78, 5) is 24.8. The maximum Gasteiger partial charge on any atom is 0.289 e. The Hall–Kier alpha value is -1.93. The molecule has 8 nitrogen and oxygen atoms in total. The third kappa shape index (κ3) is 3.34. The minimum Gasteiger partial charge on any atom is -0.367 e. The number of nitro groups is 1. The first-order valence-corrected chi connectivity index (χ1v) is 6.33. The summed E-state index contributed by atoms with van der Waals surface area (Å²) in [6, 6.07) is 1.22. The van der Waals surface area contributed by atoms with Crippen LogP contribution in [-0.2, 0) is 9.53 Å². The second-order valence-electron chi connectivity index (χ2n) is 4.39. The molecule has 1 aliphatic heterocycles. The molecule has 20 heavy (non-hydrogen) atoms. The molecular formula is C11H13ClN4O4. The summed E-state index contributed by atoms with van der Waals surface area (Å²) >= 11 is 5.89. The van der Waals surface area contributed by atoms with Gasteiger partial charge in [-0.15, -0.1) is 0 Å². The molecular weight excluding hydrogens is 288 g/mol. The van der Waals surface area contributed by atoms with E-state index >= 15 is 0 Å². The second-order valence-corrected chi connectivity index (χ2v) is 4.80. The highest BCUT2D eigenvalue weighted by molar-refractivity contribution is 6.33. The van der Waals surface area contributed by atoms with E-state index in [2.05, 4.69) is 10.3 Å². The van der Waals surface area contributed by atoms with Crippen LogP contribution < -0.4 is 11.1 Å². The molecule has 2 atom stereocenters. The van der Waals surface area contributed by atoms with Gasteiger partial charge >= 0.3 is 0 Å². The molecule has 2 unspecified atom stereocenters. The van der Waals surface area contributed by atoms with E-state index in [1.165, 1.54) is 6.07 Å². The molecule has 1 fully saturated rings. The summed E-state index contributed by atoms with van der Waals surface area (Å²) in [5.41, 5.74) is 4.98. The first-order chi connectivity index (χ1) is 9.47. The Morgan fingerprint density at radius 1 is 1.65 bits per heavy atom. The normalized spacial score (nSPS) is 21.6. The van der Waals surface area contributed by atoms with Gasteiger partial charge in [-0.2, -0.15) is 0 Å². The lowest BCUT2D eigenvalue weighted by molar-refractivity contribution is -0.385. The van der Waals surface area contributed by atoms with Crippen LogP contribution in [0.2, 0.25) is 5.02 Å². The summed E-state index contributed by atoms with van der Waals surface area (Å²) in [5.74, 6) is -0.137. The number of rotatable bonds is 5. The quantitative estimate of drug-likeness (QED) is 0.620. The number of nitrogens with one attached hydrogen (secondary N) is 1. The maximum atomic E-state index is 11.0. The number of primary amides is 1. The molecule has 1 aliphatic rings. The molecule has 1 amide bonds.